The Hall–Kier alpha value is -1.88. The minimum Gasteiger partial charge on any atom is -0.463 e. The zero-order valence-electron chi connectivity index (χ0n) is 16.5. The summed E-state index contributed by atoms with van der Waals surface area (Å²) in [5, 5.41) is 3.35. The largest absolute Gasteiger partial charge is 0.463 e. The van der Waals surface area contributed by atoms with E-state index in [4.69, 9.17) is 4.74 Å². The minimum absolute atomic E-state index is 0.0942. The van der Waals surface area contributed by atoms with E-state index in [9.17, 15) is 9.59 Å². The summed E-state index contributed by atoms with van der Waals surface area (Å²) >= 11 is 3.59. The van der Waals surface area contributed by atoms with Crippen LogP contribution in [0.1, 0.15) is 57.6 Å². The number of nitrogens with one attached hydrogen (secondary N) is 1. The predicted molar refractivity (Wildman–Crippen MR) is 109 cm³/mol. The lowest BCUT2D eigenvalue weighted by Crippen LogP contribution is -2.38. The molecule has 0 aromatic heterocycles. The van der Waals surface area contributed by atoms with Crippen LogP contribution in [0.3, 0.4) is 0 Å². The van der Waals surface area contributed by atoms with Crippen molar-refractivity contribution in [2.24, 2.45) is 5.41 Å². The van der Waals surface area contributed by atoms with Crippen LogP contribution in [0.25, 0.3) is 0 Å². The van der Waals surface area contributed by atoms with E-state index in [1.807, 2.05) is 32.0 Å². The van der Waals surface area contributed by atoms with Gasteiger partial charge in [0.25, 0.3) is 0 Å². The van der Waals surface area contributed by atoms with E-state index in [0.717, 1.165) is 33.4 Å². The highest BCUT2D eigenvalue weighted by Gasteiger charge is 2.43. The molecule has 0 spiro atoms. The first-order valence-electron chi connectivity index (χ1n) is 9.32. The van der Waals surface area contributed by atoms with Crippen molar-refractivity contribution in [3.05, 3.63) is 56.3 Å². The van der Waals surface area contributed by atoms with Crippen molar-refractivity contribution in [1.82, 2.24) is 5.32 Å². The molecule has 1 aliphatic carbocycles. The van der Waals surface area contributed by atoms with Crippen molar-refractivity contribution in [1.29, 1.82) is 0 Å². The standard InChI is InChI=1S/C22H26BrNO3/c1-6-27-21(26)18-13(3)24-16-10-22(4,5)11-17(25)20(16)19(18)14-8-7-12(2)15(23)9-14/h7-9,19,24H,6,10-11H2,1-5H3/t19-/m1/s1. The van der Waals surface area contributed by atoms with E-state index < -0.39 is 5.92 Å². The van der Waals surface area contributed by atoms with E-state index in [1.165, 1.54) is 0 Å². The van der Waals surface area contributed by atoms with Crippen LogP contribution >= 0.6 is 15.9 Å². The van der Waals surface area contributed by atoms with Crippen molar-refractivity contribution in [3.63, 3.8) is 0 Å². The minimum atomic E-state index is -0.402. The van der Waals surface area contributed by atoms with Crippen molar-refractivity contribution in [3.8, 4) is 0 Å². The number of hydrogen-bond donors (Lipinski definition) is 1. The first-order valence-corrected chi connectivity index (χ1v) is 10.1. The average molecular weight is 432 g/mol. The number of benzene rings is 1. The van der Waals surface area contributed by atoms with Gasteiger partial charge in [0.05, 0.1) is 12.2 Å². The van der Waals surface area contributed by atoms with Gasteiger partial charge in [-0.1, -0.05) is 41.9 Å². The van der Waals surface area contributed by atoms with Crippen LogP contribution in [-0.2, 0) is 14.3 Å². The molecular weight excluding hydrogens is 406 g/mol. The van der Waals surface area contributed by atoms with Gasteiger partial charge in [0.15, 0.2) is 5.78 Å². The van der Waals surface area contributed by atoms with E-state index in [2.05, 4.69) is 35.1 Å². The Morgan fingerprint density at radius 3 is 2.63 bits per heavy atom. The van der Waals surface area contributed by atoms with Gasteiger partial charge in [-0.2, -0.15) is 0 Å². The van der Waals surface area contributed by atoms with Gasteiger partial charge in [-0.3, -0.25) is 4.79 Å². The molecule has 1 aliphatic heterocycles. The number of hydrogen-bond acceptors (Lipinski definition) is 4. The summed E-state index contributed by atoms with van der Waals surface area (Å²) in [5.74, 6) is -0.668. The van der Waals surface area contributed by atoms with Crippen molar-refractivity contribution >= 4 is 27.7 Å². The fraction of sp³-hybridized carbons (Fsp3) is 0.455. The number of ketones is 1. The summed E-state index contributed by atoms with van der Waals surface area (Å²) in [6.07, 6.45) is 1.26. The lowest BCUT2D eigenvalue weighted by molar-refractivity contribution is -0.138. The Balaban J connectivity index is 2.20. The summed E-state index contributed by atoms with van der Waals surface area (Å²) in [4.78, 5) is 25.9. The quantitative estimate of drug-likeness (QED) is 0.689. The third-order valence-corrected chi connectivity index (χ3v) is 6.12. The Kier molecular flexibility index (Phi) is 5.35. The van der Waals surface area contributed by atoms with Crippen molar-refractivity contribution in [2.75, 3.05) is 6.61 Å². The van der Waals surface area contributed by atoms with E-state index in [-0.39, 0.29) is 17.2 Å². The van der Waals surface area contributed by atoms with Gasteiger partial charge in [0.2, 0.25) is 0 Å². The molecule has 3 rings (SSSR count). The van der Waals surface area contributed by atoms with Crippen LogP contribution in [0.15, 0.2) is 45.2 Å². The molecule has 1 N–H and O–H groups in total. The SMILES string of the molecule is CCOC(=O)C1=C(C)NC2=C(C(=O)CC(C)(C)C2)[C@@H]1c1ccc(C)c(Br)c1. The second-order valence-corrected chi connectivity index (χ2v) is 9.01. The molecule has 0 saturated heterocycles. The first kappa shape index (κ1) is 19.9. The molecule has 4 nitrogen and oxygen atoms in total. The van der Waals surface area contributed by atoms with Gasteiger partial charge in [0.1, 0.15) is 0 Å². The van der Waals surface area contributed by atoms with Crippen molar-refractivity contribution < 1.29 is 14.3 Å². The summed E-state index contributed by atoms with van der Waals surface area (Å²) in [7, 11) is 0. The highest BCUT2D eigenvalue weighted by atomic mass is 79.9. The smallest absolute Gasteiger partial charge is 0.336 e. The van der Waals surface area contributed by atoms with Crippen LogP contribution in [-0.4, -0.2) is 18.4 Å². The number of esters is 1. The molecule has 5 heteroatoms. The Morgan fingerprint density at radius 1 is 1.30 bits per heavy atom. The number of aryl methyl sites for hydroxylation is 1. The van der Waals surface area contributed by atoms with Gasteiger partial charge in [-0.25, -0.2) is 4.79 Å². The maximum absolute atomic E-state index is 13.1. The zero-order valence-corrected chi connectivity index (χ0v) is 18.1. The number of halogens is 1. The highest BCUT2D eigenvalue weighted by Crippen LogP contribution is 2.47. The van der Waals surface area contributed by atoms with Crippen molar-refractivity contribution in [2.45, 2.75) is 53.4 Å². The maximum atomic E-state index is 13.1. The third-order valence-electron chi connectivity index (χ3n) is 5.26. The Morgan fingerprint density at radius 2 is 2.00 bits per heavy atom. The Bertz CT molecular complexity index is 880. The predicted octanol–water partition coefficient (Wildman–Crippen LogP) is 4.92. The Labute approximate surface area is 169 Å². The van der Waals surface area contributed by atoms with E-state index in [1.54, 1.807) is 6.92 Å². The van der Waals surface area contributed by atoms with Crippen LogP contribution in [0.4, 0.5) is 0 Å². The highest BCUT2D eigenvalue weighted by molar-refractivity contribution is 9.10. The lowest BCUT2D eigenvalue weighted by atomic mass is 9.68. The van der Waals surface area contributed by atoms with Gasteiger partial charge >= 0.3 is 5.97 Å². The fourth-order valence-electron chi connectivity index (χ4n) is 4.04. The molecule has 0 saturated carbocycles. The molecule has 0 unspecified atom stereocenters. The second kappa shape index (κ2) is 7.27. The number of carbonyl (C=O) groups excluding carboxylic acids is 2. The molecule has 1 aromatic carbocycles. The molecule has 2 aliphatic rings. The number of rotatable bonds is 3. The van der Waals surface area contributed by atoms with Gasteiger partial charge in [-0.15, -0.1) is 0 Å². The van der Waals surface area contributed by atoms with Crippen LogP contribution in [0.5, 0.6) is 0 Å². The normalized spacial score (nSPS) is 21.7. The van der Waals surface area contributed by atoms with Crippen LogP contribution < -0.4 is 5.32 Å². The number of allylic oxidation sites excluding steroid dienone is 3. The molecule has 1 atom stereocenters. The third kappa shape index (κ3) is 3.75. The van der Waals surface area contributed by atoms with E-state index in [0.29, 0.717) is 24.2 Å². The molecule has 0 bridgehead atoms. The van der Waals surface area contributed by atoms with Crippen LogP contribution in [0.2, 0.25) is 0 Å². The summed E-state index contributed by atoms with van der Waals surface area (Å²) in [6, 6.07) is 6.02. The maximum Gasteiger partial charge on any atom is 0.336 e. The molecule has 0 fully saturated rings. The monoisotopic (exact) mass is 431 g/mol. The summed E-state index contributed by atoms with van der Waals surface area (Å²) < 4.78 is 6.29. The molecule has 27 heavy (non-hydrogen) atoms. The summed E-state index contributed by atoms with van der Waals surface area (Å²) in [6.45, 7) is 10.2. The molecule has 1 aromatic rings. The topological polar surface area (TPSA) is 55.4 Å². The number of Topliss-reactive ketones (excluding diaryl/α,β-unsaturated/α-hetero) is 1. The summed E-state index contributed by atoms with van der Waals surface area (Å²) in [5.41, 5.74) is 4.87. The number of carbonyl (C=O) groups is 2. The number of dihydropyridines is 1. The van der Waals surface area contributed by atoms with Crippen LogP contribution in [0, 0.1) is 12.3 Å². The van der Waals surface area contributed by atoms with E-state index >= 15 is 0 Å². The molecule has 144 valence electrons. The zero-order chi connectivity index (χ0) is 19.9. The molecule has 0 radical (unpaired) electrons. The molecule has 1 heterocycles. The lowest BCUT2D eigenvalue weighted by Gasteiger charge is -2.39. The average Bonchev–Trinajstić information content (AvgIpc) is 2.55. The fourth-order valence-corrected chi connectivity index (χ4v) is 4.43. The number of ether oxygens (including phenoxy) is 1. The van der Waals surface area contributed by atoms with Gasteiger partial charge in [-0.05, 0) is 49.8 Å². The first-order chi connectivity index (χ1) is 12.6. The van der Waals surface area contributed by atoms with Gasteiger partial charge < -0.3 is 10.1 Å². The second-order valence-electron chi connectivity index (χ2n) is 8.16. The molecular formula is C22H26BrNO3. The van der Waals surface area contributed by atoms with Gasteiger partial charge in [0, 0.05) is 33.8 Å². The molecule has 0 amide bonds.